The molecule has 2 aliphatic heterocycles. The van der Waals surface area contributed by atoms with Crippen molar-refractivity contribution >= 4 is 17.5 Å². The van der Waals surface area contributed by atoms with Crippen molar-refractivity contribution in [1.29, 1.82) is 5.26 Å². The van der Waals surface area contributed by atoms with Gasteiger partial charge in [-0.3, -0.25) is 9.88 Å². The number of hydrogen-bond acceptors (Lipinski definition) is 9. The Kier molecular flexibility index (Phi) is 7.30. The number of piperazine rings is 1. The molecule has 3 aromatic heterocycles. The van der Waals surface area contributed by atoms with Crippen LogP contribution in [0.3, 0.4) is 0 Å². The summed E-state index contributed by atoms with van der Waals surface area (Å²) in [5, 5.41) is 12.9. The third kappa shape index (κ3) is 5.58. The highest BCUT2D eigenvalue weighted by atomic mass is 19.1. The minimum absolute atomic E-state index is 0.269. The maximum Gasteiger partial charge on any atom is 0.227 e. The number of anilines is 3. The number of alkyl halides is 1. The van der Waals surface area contributed by atoms with Crippen LogP contribution in [0.2, 0.25) is 0 Å². The Morgan fingerprint density at radius 3 is 2.58 bits per heavy atom. The smallest absolute Gasteiger partial charge is 0.227 e. The maximum absolute atomic E-state index is 13.6. The Bertz CT molecular complexity index is 1220. The van der Waals surface area contributed by atoms with Gasteiger partial charge in [0.15, 0.2) is 0 Å². The Hall–Kier alpha value is -3.68. The van der Waals surface area contributed by atoms with Crippen molar-refractivity contribution in [3.05, 3.63) is 54.1 Å². The van der Waals surface area contributed by atoms with Gasteiger partial charge in [0.05, 0.1) is 35.4 Å². The lowest BCUT2D eigenvalue weighted by Gasteiger charge is -2.33. The molecule has 0 spiro atoms. The predicted octanol–water partition coefficient (Wildman–Crippen LogP) is 3.23. The minimum Gasteiger partial charge on any atom is -0.352 e. The lowest BCUT2D eigenvalue weighted by molar-refractivity contribution is 0.131. The highest BCUT2D eigenvalue weighted by Gasteiger charge is 2.25. The first-order valence-electron chi connectivity index (χ1n) is 12.4. The average molecular weight is 488 g/mol. The normalized spacial score (nSPS) is 18.8. The largest absolute Gasteiger partial charge is 0.352 e. The number of hydrogen-bond donors (Lipinski definition) is 1. The number of nitrogens with zero attached hydrogens (tertiary/aromatic N) is 8. The van der Waals surface area contributed by atoms with E-state index < -0.39 is 6.17 Å². The van der Waals surface area contributed by atoms with Crippen molar-refractivity contribution in [2.75, 3.05) is 56.0 Å². The number of pyridine rings is 2. The van der Waals surface area contributed by atoms with Crippen LogP contribution in [0.4, 0.5) is 21.8 Å². The van der Waals surface area contributed by atoms with Crippen molar-refractivity contribution in [3.8, 4) is 17.3 Å². The maximum atomic E-state index is 13.6. The topological polar surface area (TPSA) is 97.1 Å². The van der Waals surface area contributed by atoms with Crippen LogP contribution in [-0.4, -0.2) is 81.7 Å². The molecule has 0 unspecified atom stereocenters. The quantitative estimate of drug-likeness (QED) is 0.539. The molecule has 3 aromatic rings. The Morgan fingerprint density at radius 2 is 1.89 bits per heavy atom. The molecule has 0 bridgehead atoms. The molecule has 0 radical (unpaired) electrons. The fraction of sp³-hybridized carbons (Fsp3) is 0.423. The van der Waals surface area contributed by atoms with Gasteiger partial charge in [-0.05, 0) is 37.2 Å². The third-order valence-electron chi connectivity index (χ3n) is 6.75. The molecule has 5 heterocycles. The molecule has 1 atom stereocenters. The fourth-order valence-corrected chi connectivity index (χ4v) is 4.64. The first kappa shape index (κ1) is 24.0. The lowest BCUT2D eigenvalue weighted by Crippen LogP contribution is -2.45. The number of rotatable bonds is 7. The summed E-state index contributed by atoms with van der Waals surface area (Å²) in [6, 6.07) is 9.73. The van der Waals surface area contributed by atoms with Crippen LogP contribution >= 0.6 is 0 Å². The van der Waals surface area contributed by atoms with Gasteiger partial charge in [-0.2, -0.15) is 5.26 Å². The van der Waals surface area contributed by atoms with Crippen LogP contribution in [0.1, 0.15) is 24.6 Å². The molecule has 2 saturated heterocycles. The van der Waals surface area contributed by atoms with Gasteiger partial charge in [-0.15, -0.1) is 0 Å². The first-order chi connectivity index (χ1) is 17.6. The van der Waals surface area contributed by atoms with E-state index in [2.05, 4.69) is 48.0 Å². The summed E-state index contributed by atoms with van der Waals surface area (Å²) in [5.74, 6) is 0.951. The molecule has 0 amide bonds. The number of likely N-dealkylation sites (N-methyl/N-ethyl adjacent to an activating group) is 1. The van der Waals surface area contributed by atoms with Crippen molar-refractivity contribution < 1.29 is 4.39 Å². The second kappa shape index (κ2) is 10.9. The van der Waals surface area contributed by atoms with Gasteiger partial charge in [-0.1, -0.05) is 6.92 Å². The standard InChI is InChI=1S/C26H30FN9/c1-2-34-9-11-35(12-10-34)18-23-4-3-22(16-30-23)32-26-29-7-5-24(33-26)20-13-19(14-28)25(31-15-20)36-8-6-21(27)17-36/h3-5,7,13,15-16,21H,2,6,8-12,17-18H2,1H3,(H,29,32,33)/t21-/m1/s1. The predicted molar refractivity (Wildman–Crippen MR) is 137 cm³/mol. The summed E-state index contributed by atoms with van der Waals surface area (Å²) in [6.07, 6.45) is 4.71. The molecule has 9 nitrogen and oxygen atoms in total. The zero-order valence-corrected chi connectivity index (χ0v) is 20.4. The minimum atomic E-state index is -0.881. The van der Waals surface area contributed by atoms with E-state index in [4.69, 9.17) is 0 Å². The van der Waals surface area contributed by atoms with Gasteiger partial charge >= 0.3 is 0 Å². The summed E-state index contributed by atoms with van der Waals surface area (Å²) in [7, 11) is 0. The van der Waals surface area contributed by atoms with E-state index in [0.29, 0.717) is 41.6 Å². The molecular weight excluding hydrogens is 457 g/mol. The summed E-state index contributed by atoms with van der Waals surface area (Å²) in [6.45, 7) is 9.33. The van der Waals surface area contributed by atoms with E-state index in [1.54, 1.807) is 30.7 Å². The molecule has 186 valence electrons. The third-order valence-corrected chi connectivity index (χ3v) is 6.75. The molecule has 2 aliphatic rings. The van der Waals surface area contributed by atoms with E-state index in [1.807, 2.05) is 17.0 Å². The SMILES string of the molecule is CCN1CCN(Cc2ccc(Nc3nccc(-c4cnc(N5CC[C@@H](F)C5)c(C#N)c4)n3)cn2)CC1. The molecule has 1 N–H and O–H groups in total. The van der Waals surface area contributed by atoms with E-state index >= 15 is 0 Å². The van der Waals surface area contributed by atoms with E-state index in [0.717, 1.165) is 50.6 Å². The zero-order valence-electron chi connectivity index (χ0n) is 20.4. The molecule has 36 heavy (non-hydrogen) atoms. The Morgan fingerprint density at radius 1 is 1.06 bits per heavy atom. The molecular formula is C26H30FN9. The second-order valence-electron chi connectivity index (χ2n) is 9.18. The number of nitriles is 1. The van der Waals surface area contributed by atoms with Gasteiger partial charge in [0.2, 0.25) is 5.95 Å². The van der Waals surface area contributed by atoms with Crippen LogP contribution in [0.25, 0.3) is 11.3 Å². The highest BCUT2D eigenvalue weighted by Crippen LogP contribution is 2.27. The number of aromatic nitrogens is 4. The number of halogens is 1. The van der Waals surface area contributed by atoms with E-state index in [-0.39, 0.29) is 6.54 Å². The van der Waals surface area contributed by atoms with E-state index in [9.17, 15) is 9.65 Å². The molecule has 0 aromatic carbocycles. The molecule has 0 saturated carbocycles. The van der Waals surface area contributed by atoms with Gasteiger partial charge < -0.3 is 15.1 Å². The summed E-state index contributed by atoms with van der Waals surface area (Å²) in [5.41, 5.74) is 3.59. The Balaban J connectivity index is 1.24. The van der Waals surface area contributed by atoms with Gasteiger partial charge in [0.25, 0.3) is 0 Å². The van der Waals surface area contributed by atoms with Crippen LogP contribution in [0.5, 0.6) is 0 Å². The molecule has 5 rings (SSSR count). The molecule has 2 fully saturated rings. The van der Waals surface area contributed by atoms with Crippen molar-refractivity contribution in [1.82, 2.24) is 29.7 Å². The van der Waals surface area contributed by atoms with Gasteiger partial charge in [0, 0.05) is 57.2 Å². The van der Waals surface area contributed by atoms with Crippen molar-refractivity contribution in [3.63, 3.8) is 0 Å². The first-order valence-corrected chi connectivity index (χ1v) is 12.4. The summed E-state index contributed by atoms with van der Waals surface area (Å²) in [4.78, 5) is 24.7. The highest BCUT2D eigenvalue weighted by molar-refractivity contribution is 5.67. The van der Waals surface area contributed by atoms with Gasteiger partial charge in [0.1, 0.15) is 18.1 Å². The van der Waals surface area contributed by atoms with Crippen LogP contribution in [-0.2, 0) is 6.54 Å². The van der Waals surface area contributed by atoms with E-state index in [1.165, 1.54) is 0 Å². The van der Waals surface area contributed by atoms with Crippen molar-refractivity contribution in [2.24, 2.45) is 0 Å². The second-order valence-corrected chi connectivity index (χ2v) is 9.18. The lowest BCUT2D eigenvalue weighted by atomic mass is 10.1. The summed E-state index contributed by atoms with van der Waals surface area (Å²) >= 11 is 0. The monoisotopic (exact) mass is 487 g/mol. The summed E-state index contributed by atoms with van der Waals surface area (Å²) < 4.78 is 13.6. The van der Waals surface area contributed by atoms with Crippen LogP contribution in [0, 0.1) is 11.3 Å². The number of nitrogens with one attached hydrogen (secondary N) is 1. The molecule has 0 aliphatic carbocycles. The van der Waals surface area contributed by atoms with Gasteiger partial charge in [-0.25, -0.2) is 19.3 Å². The van der Waals surface area contributed by atoms with Crippen LogP contribution in [0.15, 0.2) is 42.9 Å². The zero-order chi connectivity index (χ0) is 24.9. The average Bonchev–Trinajstić information content (AvgIpc) is 3.36. The van der Waals surface area contributed by atoms with Crippen LogP contribution < -0.4 is 10.2 Å². The Labute approximate surface area is 210 Å². The van der Waals surface area contributed by atoms with Crippen molar-refractivity contribution in [2.45, 2.75) is 26.1 Å². The molecule has 10 heteroatoms. The fourth-order valence-electron chi connectivity index (χ4n) is 4.64.